The molecular weight excluding hydrogens is 164 g/mol. The molecule has 13 heavy (non-hydrogen) atoms. The second-order valence-corrected chi connectivity index (χ2v) is 3.14. The minimum absolute atomic E-state index is 0.0895. The Morgan fingerprint density at radius 1 is 1.77 bits per heavy atom. The lowest BCUT2D eigenvalue weighted by molar-refractivity contribution is 0.426. The smallest absolute Gasteiger partial charge is 0.121 e. The summed E-state index contributed by atoms with van der Waals surface area (Å²) in [6, 6.07) is 3.87. The van der Waals surface area contributed by atoms with Gasteiger partial charge < -0.3 is 15.5 Å². The van der Waals surface area contributed by atoms with Crippen molar-refractivity contribution >= 4 is 0 Å². The molecule has 0 radical (unpaired) electrons. The van der Waals surface area contributed by atoms with Gasteiger partial charge in [-0.3, -0.25) is 0 Å². The zero-order valence-corrected chi connectivity index (χ0v) is 7.92. The Morgan fingerprint density at radius 2 is 2.54 bits per heavy atom. The molecule has 1 aromatic rings. The van der Waals surface area contributed by atoms with E-state index in [0.717, 1.165) is 17.9 Å². The molecule has 72 valence electrons. The van der Waals surface area contributed by atoms with Crippen molar-refractivity contribution in [3.63, 3.8) is 0 Å². The maximum absolute atomic E-state index is 5.60. The van der Waals surface area contributed by atoms with E-state index in [1.165, 1.54) is 0 Å². The van der Waals surface area contributed by atoms with Crippen molar-refractivity contribution in [3.8, 4) is 0 Å². The fraction of sp³-hybridized carbons (Fsp3) is 0.400. The van der Waals surface area contributed by atoms with E-state index < -0.39 is 0 Å². The van der Waals surface area contributed by atoms with Crippen molar-refractivity contribution in [2.24, 2.45) is 5.73 Å². The minimum Gasteiger partial charge on any atom is -0.468 e. The van der Waals surface area contributed by atoms with Crippen LogP contribution in [0.25, 0.3) is 0 Å². The largest absolute Gasteiger partial charge is 0.468 e. The van der Waals surface area contributed by atoms with Crippen LogP contribution in [-0.4, -0.2) is 13.1 Å². The van der Waals surface area contributed by atoms with Crippen molar-refractivity contribution in [2.45, 2.75) is 13.0 Å². The number of nitrogens with one attached hydrogen (secondary N) is 1. The van der Waals surface area contributed by atoms with E-state index in [1.807, 2.05) is 19.1 Å². The standard InChI is InChI=1S/C10H16N2O/c1-8(2)7-12-9(6-11)10-4-3-5-13-10/h3-5,9,12H,1,6-7,11H2,2H3. The van der Waals surface area contributed by atoms with Crippen molar-refractivity contribution in [2.75, 3.05) is 13.1 Å². The molecule has 1 aromatic heterocycles. The third-order valence-corrected chi connectivity index (χ3v) is 1.77. The SMILES string of the molecule is C=C(C)CNC(CN)c1ccco1. The van der Waals surface area contributed by atoms with E-state index in [1.54, 1.807) is 6.26 Å². The van der Waals surface area contributed by atoms with Gasteiger partial charge in [0.05, 0.1) is 12.3 Å². The summed E-state index contributed by atoms with van der Waals surface area (Å²) in [6.45, 7) is 7.08. The first-order chi connectivity index (χ1) is 6.24. The highest BCUT2D eigenvalue weighted by Gasteiger charge is 2.10. The van der Waals surface area contributed by atoms with Crippen molar-refractivity contribution in [1.82, 2.24) is 5.32 Å². The van der Waals surface area contributed by atoms with E-state index in [0.29, 0.717) is 6.54 Å². The van der Waals surface area contributed by atoms with Crippen LogP contribution < -0.4 is 11.1 Å². The van der Waals surface area contributed by atoms with Gasteiger partial charge in [0.2, 0.25) is 0 Å². The minimum atomic E-state index is 0.0895. The van der Waals surface area contributed by atoms with Crippen LogP contribution in [0.4, 0.5) is 0 Å². The lowest BCUT2D eigenvalue weighted by Gasteiger charge is -2.13. The summed E-state index contributed by atoms with van der Waals surface area (Å²) in [5, 5.41) is 3.25. The molecule has 1 atom stereocenters. The van der Waals surface area contributed by atoms with Crippen molar-refractivity contribution in [1.29, 1.82) is 0 Å². The van der Waals surface area contributed by atoms with Gasteiger partial charge in [-0.25, -0.2) is 0 Å². The van der Waals surface area contributed by atoms with Gasteiger partial charge in [0, 0.05) is 13.1 Å². The Labute approximate surface area is 78.6 Å². The molecular formula is C10H16N2O. The van der Waals surface area contributed by atoms with Crippen LogP contribution in [0.5, 0.6) is 0 Å². The lowest BCUT2D eigenvalue weighted by atomic mass is 10.2. The molecule has 0 fully saturated rings. The molecule has 0 aromatic carbocycles. The molecule has 0 aliphatic carbocycles. The number of hydrogen-bond acceptors (Lipinski definition) is 3. The van der Waals surface area contributed by atoms with Crippen LogP contribution in [0.3, 0.4) is 0 Å². The summed E-state index contributed by atoms with van der Waals surface area (Å²) in [6.07, 6.45) is 1.65. The van der Waals surface area contributed by atoms with Crippen molar-refractivity contribution < 1.29 is 4.42 Å². The van der Waals surface area contributed by atoms with Crippen LogP contribution >= 0.6 is 0 Å². The number of rotatable bonds is 5. The molecule has 0 aliphatic heterocycles. The van der Waals surface area contributed by atoms with E-state index in [-0.39, 0.29) is 6.04 Å². The molecule has 1 unspecified atom stereocenters. The van der Waals surface area contributed by atoms with Gasteiger partial charge in [-0.1, -0.05) is 12.2 Å². The van der Waals surface area contributed by atoms with Crippen LogP contribution in [0.2, 0.25) is 0 Å². The average Bonchev–Trinajstić information content (AvgIpc) is 2.58. The van der Waals surface area contributed by atoms with Crippen molar-refractivity contribution in [3.05, 3.63) is 36.3 Å². The van der Waals surface area contributed by atoms with Crippen LogP contribution in [0, 0.1) is 0 Å². The highest BCUT2D eigenvalue weighted by Crippen LogP contribution is 2.11. The monoisotopic (exact) mass is 180 g/mol. The molecule has 0 spiro atoms. The fourth-order valence-electron chi connectivity index (χ4n) is 1.09. The van der Waals surface area contributed by atoms with Crippen LogP contribution in [-0.2, 0) is 0 Å². The Hall–Kier alpha value is -1.06. The maximum Gasteiger partial charge on any atom is 0.121 e. The van der Waals surface area contributed by atoms with Gasteiger partial charge in [0.15, 0.2) is 0 Å². The molecule has 3 heteroatoms. The molecule has 0 saturated carbocycles. The molecule has 1 rings (SSSR count). The predicted octanol–water partition coefficient (Wildman–Crippen LogP) is 1.45. The van der Waals surface area contributed by atoms with Gasteiger partial charge in [0.25, 0.3) is 0 Å². The van der Waals surface area contributed by atoms with Crippen LogP contribution in [0.15, 0.2) is 35.0 Å². The second-order valence-electron chi connectivity index (χ2n) is 3.14. The number of furan rings is 1. The van der Waals surface area contributed by atoms with Gasteiger partial charge in [-0.15, -0.1) is 0 Å². The molecule has 0 bridgehead atoms. The molecule has 1 heterocycles. The van der Waals surface area contributed by atoms with Gasteiger partial charge in [0.1, 0.15) is 5.76 Å². The van der Waals surface area contributed by atoms with Gasteiger partial charge in [-0.2, -0.15) is 0 Å². The molecule has 0 amide bonds. The van der Waals surface area contributed by atoms with Crippen LogP contribution in [0.1, 0.15) is 18.7 Å². The van der Waals surface area contributed by atoms with E-state index in [9.17, 15) is 0 Å². The molecule has 0 saturated heterocycles. The maximum atomic E-state index is 5.60. The summed E-state index contributed by atoms with van der Waals surface area (Å²) in [4.78, 5) is 0. The van der Waals surface area contributed by atoms with Gasteiger partial charge in [-0.05, 0) is 19.1 Å². The molecule has 3 nitrogen and oxygen atoms in total. The molecule has 3 N–H and O–H groups in total. The predicted molar refractivity (Wildman–Crippen MR) is 53.3 cm³/mol. The third-order valence-electron chi connectivity index (χ3n) is 1.77. The Morgan fingerprint density at radius 3 is 3.00 bits per heavy atom. The summed E-state index contributed by atoms with van der Waals surface area (Å²) < 4.78 is 5.25. The highest BCUT2D eigenvalue weighted by atomic mass is 16.3. The van der Waals surface area contributed by atoms with Gasteiger partial charge >= 0.3 is 0 Å². The normalized spacial score (nSPS) is 12.8. The second kappa shape index (κ2) is 4.84. The first-order valence-electron chi connectivity index (χ1n) is 4.35. The topological polar surface area (TPSA) is 51.2 Å². The lowest BCUT2D eigenvalue weighted by Crippen LogP contribution is -2.28. The number of hydrogen-bond donors (Lipinski definition) is 2. The first-order valence-corrected chi connectivity index (χ1v) is 4.35. The Bertz CT molecular complexity index is 254. The zero-order chi connectivity index (χ0) is 9.68. The number of nitrogens with two attached hydrogens (primary N) is 1. The summed E-state index contributed by atoms with van der Waals surface area (Å²) in [7, 11) is 0. The fourth-order valence-corrected chi connectivity index (χ4v) is 1.09. The zero-order valence-electron chi connectivity index (χ0n) is 7.92. The van der Waals surface area contributed by atoms with E-state index >= 15 is 0 Å². The third kappa shape index (κ3) is 3.05. The Kier molecular flexibility index (Phi) is 3.73. The molecule has 0 aliphatic rings. The summed E-state index contributed by atoms with van der Waals surface area (Å²) in [5.74, 6) is 0.878. The quantitative estimate of drug-likeness (QED) is 0.674. The average molecular weight is 180 g/mol. The summed E-state index contributed by atoms with van der Waals surface area (Å²) in [5.41, 5.74) is 6.69. The van der Waals surface area contributed by atoms with E-state index in [4.69, 9.17) is 10.2 Å². The first kappa shape index (κ1) is 10.0. The Balaban J connectivity index is 2.49. The highest BCUT2D eigenvalue weighted by molar-refractivity contribution is 5.06. The van der Waals surface area contributed by atoms with E-state index in [2.05, 4.69) is 11.9 Å². The summed E-state index contributed by atoms with van der Waals surface area (Å²) >= 11 is 0.